The van der Waals surface area contributed by atoms with Crippen LogP contribution in [-0.4, -0.2) is 34.9 Å². The monoisotopic (exact) mass is 374 g/mol. The van der Waals surface area contributed by atoms with Crippen LogP contribution in [0.3, 0.4) is 0 Å². The molecule has 1 aliphatic carbocycles. The summed E-state index contributed by atoms with van der Waals surface area (Å²) >= 11 is 5.99. The first-order valence-corrected chi connectivity index (χ1v) is 8.85. The van der Waals surface area contributed by atoms with Gasteiger partial charge in [0, 0.05) is 29.2 Å². The quantitative estimate of drug-likeness (QED) is 0.634. The summed E-state index contributed by atoms with van der Waals surface area (Å²) in [7, 11) is 0. The molecule has 1 fully saturated rings. The van der Waals surface area contributed by atoms with Crippen molar-refractivity contribution in [2.75, 3.05) is 11.9 Å². The minimum absolute atomic E-state index is 0.0204. The minimum atomic E-state index is -0.401. The molecule has 0 aromatic heterocycles. The van der Waals surface area contributed by atoms with Crippen LogP contribution in [0.4, 0.5) is 5.69 Å². The Morgan fingerprint density at radius 2 is 1.81 bits per heavy atom. The normalized spacial score (nSPS) is 22.1. The Hall–Kier alpha value is -2.47. The maximum absolute atomic E-state index is 12.4. The summed E-state index contributed by atoms with van der Waals surface area (Å²) in [5.41, 5.74) is 1.12. The number of allylic oxidation sites excluding steroid dienone is 2. The number of likely N-dealkylation sites (tertiary alicyclic amines) is 1. The zero-order chi connectivity index (χ0) is 18.8. The van der Waals surface area contributed by atoms with E-state index in [1.807, 2.05) is 0 Å². The number of nitrogens with one attached hydrogen (secondary N) is 1. The van der Waals surface area contributed by atoms with Gasteiger partial charge >= 0.3 is 0 Å². The number of ketones is 1. The maximum Gasteiger partial charge on any atom is 0.233 e. The minimum Gasteiger partial charge on any atom is -0.326 e. The van der Waals surface area contributed by atoms with E-state index in [0.29, 0.717) is 29.1 Å². The van der Waals surface area contributed by atoms with Crippen LogP contribution in [0.5, 0.6) is 0 Å². The second-order valence-corrected chi connectivity index (χ2v) is 7.05. The molecule has 1 saturated heterocycles. The van der Waals surface area contributed by atoms with E-state index in [-0.39, 0.29) is 42.4 Å². The van der Waals surface area contributed by atoms with Crippen LogP contribution >= 0.6 is 11.6 Å². The number of hydrogen-bond donors (Lipinski definition) is 1. The molecule has 1 aromatic rings. The summed E-state index contributed by atoms with van der Waals surface area (Å²) in [5, 5.41) is 3.31. The molecule has 2 aliphatic rings. The molecule has 2 unspecified atom stereocenters. The first-order valence-electron chi connectivity index (χ1n) is 8.47. The molecule has 0 bridgehead atoms. The number of Topliss-reactive ketones (excluding diaryl/α,β-unsaturated/α-hetero) is 1. The van der Waals surface area contributed by atoms with Crippen LogP contribution in [0, 0.1) is 11.8 Å². The number of carbonyl (C=O) groups is 4. The Morgan fingerprint density at radius 3 is 2.46 bits per heavy atom. The Bertz CT molecular complexity index is 800. The summed E-state index contributed by atoms with van der Waals surface area (Å²) in [6.07, 6.45) is 2.67. The van der Waals surface area contributed by atoms with Crippen LogP contribution in [-0.2, 0) is 14.4 Å². The van der Waals surface area contributed by atoms with Crippen molar-refractivity contribution in [3.63, 3.8) is 0 Å². The number of carbonyl (C=O) groups excluding carboxylic acids is 4. The van der Waals surface area contributed by atoms with Crippen molar-refractivity contribution >= 4 is 40.8 Å². The zero-order valence-corrected chi connectivity index (χ0v) is 15.1. The Labute approximate surface area is 156 Å². The van der Waals surface area contributed by atoms with Crippen molar-refractivity contribution in [2.45, 2.75) is 26.2 Å². The van der Waals surface area contributed by atoms with Crippen molar-refractivity contribution in [3.05, 3.63) is 40.9 Å². The lowest BCUT2D eigenvalue weighted by Crippen LogP contribution is -2.34. The second-order valence-electron chi connectivity index (χ2n) is 6.56. The van der Waals surface area contributed by atoms with E-state index in [9.17, 15) is 19.2 Å². The number of halogens is 1. The lowest BCUT2D eigenvalue weighted by Gasteiger charge is -2.17. The molecule has 136 valence electrons. The van der Waals surface area contributed by atoms with Crippen LogP contribution in [0.15, 0.2) is 35.4 Å². The molecule has 3 rings (SSSR count). The third-order valence-corrected chi connectivity index (χ3v) is 5.11. The second kappa shape index (κ2) is 7.41. The van der Waals surface area contributed by atoms with Crippen molar-refractivity contribution in [2.24, 2.45) is 11.8 Å². The average molecular weight is 375 g/mol. The topological polar surface area (TPSA) is 83.6 Å². The van der Waals surface area contributed by atoms with Crippen molar-refractivity contribution < 1.29 is 19.2 Å². The van der Waals surface area contributed by atoms with Gasteiger partial charge in [-0.1, -0.05) is 17.7 Å². The van der Waals surface area contributed by atoms with Crippen molar-refractivity contribution in [1.82, 2.24) is 4.90 Å². The van der Waals surface area contributed by atoms with E-state index >= 15 is 0 Å². The zero-order valence-electron chi connectivity index (χ0n) is 14.3. The Morgan fingerprint density at radius 1 is 1.15 bits per heavy atom. The summed E-state index contributed by atoms with van der Waals surface area (Å²) in [6.45, 7) is 1.53. The molecule has 1 aromatic carbocycles. The van der Waals surface area contributed by atoms with Crippen molar-refractivity contribution in [1.29, 1.82) is 0 Å². The van der Waals surface area contributed by atoms with Crippen LogP contribution < -0.4 is 5.32 Å². The SMILES string of the molecule is CC(=O)c1ccc(NC(=O)CCN2C(=O)C3CC=C(Cl)CC3C2=O)cc1. The van der Waals surface area contributed by atoms with Gasteiger partial charge in [-0.3, -0.25) is 24.1 Å². The number of rotatable bonds is 5. The molecule has 3 amide bonds. The highest BCUT2D eigenvalue weighted by Crippen LogP contribution is 2.38. The molecule has 0 spiro atoms. The summed E-state index contributed by atoms with van der Waals surface area (Å²) < 4.78 is 0. The van der Waals surface area contributed by atoms with Gasteiger partial charge in [0.05, 0.1) is 11.8 Å². The molecule has 26 heavy (non-hydrogen) atoms. The Balaban J connectivity index is 1.55. The third kappa shape index (κ3) is 3.70. The van der Waals surface area contributed by atoms with Crippen molar-refractivity contribution in [3.8, 4) is 0 Å². The average Bonchev–Trinajstić information content (AvgIpc) is 2.84. The number of nitrogens with zero attached hydrogens (tertiary/aromatic N) is 1. The summed E-state index contributed by atoms with van der Waals surface area (Å²) in [6, 6.07) is 6.55. The van der Waals surface area contributed by atoms with Gasteiger partial charge in [0.15, 0.2) is 5.78 Å². The lowest BCUT2D eigenvalue weighted by atomic mass is 9.85. The number of imide groups is 1. The number of fused-ring (bicyclic) bond motifs is 1. The standard InChI is InChI=1S/C19H19ClN2O4/c1-11(23)12-2-5-14(6-3-12)21-17(24)8-9-22-18(25)15-7-4-13(20)10-16(15)19(22)26/h2-6,15-16H,7-10H2,1H3,(H,21,24). The maximum atomic E-state index is 12.4. The molecule has 1 aliphatic heterocycles. The highest BCUT2D eigenvalue weighted by molar-refractivity contribution is 6.30. The summed E-state index contributed by atoms with van der Waals surface area (Å²) in [5.74, 6) is -1.57. The largest absolute Gasteiger partial charge is 0.326 e. The molecule has 7 heteroatoms. The fraction of sp³-hybridized carbons (Fsp3) is 0.368. The Kier molecular flexibility index (Phi) is 5.23. The molecular formula is C19H19ClN2O4. The van der Waals surface area contributed by atoms with E-state index in [2.05, 4.69) is 5.32 Å². The van der Waals surface area contributed by atoms with E-state index in [1.54, 1.807) is 30.3 Å². The van der Waals surface area contributed by atoms with E-state index in [0.717, 1.165) is 0 Å². The van der Waals surface area contributed by atoms with E-state index in [1.165, 1.54) is 11.8 Å². The molecular weight excluding hydrogens is 356 g/mol. The van der Waals surface area contributed by atoms with Gasteiger partial charge in [-0.2, -0.15) is 0 Å². The first-order chi connectivity index (χ1) is 12.4. The van der Waals surface area contributed by atoms with Gasteiger partial charge in [0.2, 0.25) is 17.7 Å². The van der Waals surface area contributed by atoms with Crippen LogP contribution in [0.25, 0.3) is 0 Å². The highest BCUT2D eigenvalue weighted by atomic mass is 35.5. The highest BCUT2D eigenvalue weighted by Gasteiger charge is 2.48. The third-order valence-electron chi connectivity index (χ3n) is 4.80. The summed E-state index contributed by atoms with van der Waals surface area (Å²) in [4.78, 5) is 49.4. The van der Waals surface area contributed by atoms with Gasteiger partial charge in [0.1, 0.15) is 0 Å². The molecule has 0 saturated carbocycles. The van der Waals surface area contributed by atoms with E-state index in [4.69, 9.17) is 11.6 Å². The van der Waals surface area contributed by atoms with Crippen LogP contribution in [0.2, 0.25) is 0 Å². The smallest absolute Gasteiger partial charge is 0.233 e. The predicted molar refractivity (Wildman–Crippen MR) is 96.6 cm³/mol. The molecule has 1 heterocycles. The number of anilines is 1. The van der Waals surface area contributed by atoms with Gasteiger partial charge < -0.3 is 5.32 Å². The van der Waals surface area contributed by atoms with Crippen LogP contribution in [0.1, 0.15) is 36.5 Å². The van der Waals surface area contributed by atoms with Gasteiger partial charge in [-0.25, -0.2) is 0 Å². The van der Waals surface area contributed by atoms with Gasteiger partial charge in [0.25, 0.3) is 0 Å². The first kappa shape index (κ1) is 18.3. The molecule has 0 radical (unpaired) electrons. The van der Waals surface area contributed by atoms with Gasteiger partial charge in [-0.05, 0) is 44.0 Å². The van der Waals surface area contributed by atoms with Gasteiger partial charge in [-0.15, -0.1) is 0 Å². The number of hydrogen-bond acceptors (Lipinski definition) is 4. The number of amides is 3. The molecule has 6 nitrogen and oxygen atoms in total. The molecule has 2 atom stereocenters. The molecule has 1 N–H and O–H groups in total. The number of benzene rings is 1. The fourth-order valence-corrected chi connectivity index (χ4v) is 3.60. The lowest BCUT2D eigenvalue weighted by molar-refractivity contribution is -0.140. The van der Waals surface area contributed by atoms with E-state index < -0.39 is 5.92 Å². The fourth-order valence-electron chi connectivity index (χ4n) is 3.34. The predicted octanol–water partition coefficient (Wildman–Crippen LogP) is 2.74.